The van der Waals surface area contributed by atoms with E-state index in [0.29, 0.717) is 25.7 Å². The third-order valence-corrected chi connectivity index (χ3v) is 20.7. The van der Waals surface area contributed by atoms with E-state index in [9.17, 15) is 43.2 Å². The molecule has 0 aromatic carbocycles. The molecule has 0 rings (SSSR count). The molecular weight excluding hydrogens is 1280 g/mol. The number of hydrogen-bond acceptors (Lipinski definition) is 15. The van der Waals surface area contributed by atoms with Crippen molar-refractivity contribution in [2.75, 3.05) is 39.6 Å². The van der Waals surface area contributed by atoms with Crippen LogP contribution in [0, 0.1) is 11.8 Å². The van der Waals surface area contributed by atoms with Crippen LogP contribution in [0.2, 0.25) is 0 Å². The van der Waals surface area contributed by atoms with E-state index < -0.39 is 97.5 Å². The summed E-state index contributed by atoms with van der Waals surface area (Å²) in [6, 6.07) is 0. The van der Waals surface area contributed by atoms with Crippen LogP contribution in [-0.2, 0) is 65.4 Å². The molecule has 582 valence electrons. The fraction of sp³-hybridized carbons (Fsp3) is 0.949. The molecule has 0 saturated heterocycles. The molecule has 3 unspecified atom stereocenters. The van der Waals surface area contributed by atoms with Crippen LogP contribution >= 0.6 is 15.6 Å². The Morgan fingerprint density at radius 3 is 0.776 bits per heavy atom. The zero-order chi connectivity index (χ0) is 72.1. The minimum atomic E-state index is -4.96. The highest BCUT2D eigenvalue weighted by Gasteiger charge is 2.30. The fourth-order valence-corrected chi connectivity index (χ4v) is 13.7. The number of carbonyl (C=O) groups is 4. The Labute approximate surface area is 600 Å². The van der Waals surface area contributed by atoms with Crippen molar-refractivity contribution in [2.24, 2.45) is 11.8 Å². The van der Waals surface area contributed by atoms with Gasteiger partial charge in [0.15, 0.2) is 12.2 Å². The quantitative estimate of drug-likeness (QED) is 0.0222. The number of aliphatic hydroxyl groups is 1. The van der Waals surface area contributed by atoms with Gasteiger partial charge in [-0.1, -0.05) is 363 Å². The highest BCUT2D eigenvalue weighted by Crippen LogP contribution is 2.45. The Balaban J connectivity index is 5.24. The number of phosphoric ester groups is 2. The first-order valence-electron chi connectivity index (χ1n) is 41.0. The van der Waals surface area contributed by atoms with Crippen LogP contribution < -0.4 is 0 Å². The monoisotopic (exact) mass is 1440 g/mol. The number of phosphoric acid groups is 2. The molecule has 0 saturated carbocycles. The summed E-state index contributed by atoms with van der Waals surface area (Å²) in [5.41, 5.74) is 0. The molecule has 6 atom stereocenters. The summed E-state index contributed by atoms with van der Waals surface area (Å²) >= 11 is 0. The number of rotatable bonds is 78. The number of aliphatic hydroxyl groups excluding tert-OH is 1. The van der Waals surface area contributed by atoms with Crippen LogP contribution in [0.4, 0.5) is 0 Å². The van der Waals surface area contributed by atoms with E-state index in [2.05, 4.69) is 41.5 Å². The highest BCUT2D eigenvalue weighted by atomic mass is 31.2. The van der Waals surface area contributed by atoms with Gasteiger partial charge in [0, 0.05) is 25.7 Å². The second-order valence-electron chi connectivity index (χ2n) is 29.2. The van der Waals surface area contributed by atoms with Gasteiger partial charge in [0.25, 0.3) is 0 Å². The van der Waals surface area contributed by atoms with Gasteiger partial charge < -0.3 is 33.8 Å². The van der Waals surface area contributed by atoms with Gasteiger partial charge in [0.2, 0.25) is 0 Å². The van der Waals surface area contributed by atoms with Crippen molar-refractivity contribution in [3.05, 3.63) is 0 Å². The lowest BCUT2D eigenvalue weighted by atomic mass is 10.00. The molecular formula is C79H154O17P2. The third-order valence-electron chi connectivity index (χ3n) is 18.8. The molecule has 0 aliphatic heterocycles. The first kappa shape index (κ1) is 96.1. The van der Waals surface area contributed by atoms with E-state index >= 15 is 0 Å². The predicted molar refractivity (Wildman–Crippen MR) is 400 cm³/mol. The van der Waals surface area contributed by atoms with E-state index in [1.54, 1.807) is 0 Å². The van der Waals surface area contributed by atoms with Crippen molar-refractivity contribution >= 4 is 39.5 Å². The molecule has 0 aliphatic rings. The molecule has 0 amide bonds. The van der Waals surface area contributed by atoms with Gasteiger partial charge in [-0.15, -0.1) is 0 Å². The van der Waals surface area contributed by atoms with Gasteiger partial charge in [-0.25, -0.2) is 9.13 Å². The molecule has 98 heavy (non-hydrogen) atoms. The van der Waals surface area contributed by atoms with Gasteiger partial charge in [-0.2, -0.15) is 0 Å². The van der Waals surface area contributed by atoms with E-state index in [0.717, 1.165) is 108 Å². The van der Waals surface area contributed by atoms with Crippen LogP contribution in [0.25, 0.3) is 0 Å². The molecule has 19 heteroatoms. The van der Waals surface area contributed by atoms with Crippen LogP contribution in [0.1, 0.15) is 414 Å². The van der Waals surface area contributed by atoms with Gasteiger partial charge in [0.1, 0.15) is 19.3 Å². The topological polar surface area (TPSA) is 237 Å². The lowest BCUT2D eigenvalue weighted by Gasteiger charge is -2.21. The maximum Gasteiger partial charge on any atom is 0.472 e. The molecule has 3 N–H and O–H groups in total. The maximum atomic E-state index is 13.1. The minimum absolute atomic E-state index is 0.107. The zero-order valence-electron chi connectivity index (χ0n) is 64.1. The Hall–Kier alpha value is -1.94. The third kappa shape index (κ3) is 71.1. The Morgan fingerprint density at radius 2 is 0.520 bits per heavy atom. The van der Waals surface area contributed by atoms with Crippen LogP contribution in [0.15, 0.2) is 0 Å². The van der Waals surface area contributed by atoms with Crippen molar-refractivity contribution in [1.29, 1.82) is 0 Å². The van der Waals surface area contributed by atoms with Gasteiger partial charge in [-0.05, 0) is 37.5 Å². The standard InChI is InChI=1S/C79H154O17P2/c1-7-10-12-14-16-18-20-22-26-31-34-38-42-49-55-61-76(81)89-67-74(95-78(83)64-58-52-44-40-36-32-28-25-24-27-29-33-37-41-47-53-59-71(4)5)69-93-97(85,86)91-65-73(80)66-92-98(87,88)94-70-75(68-90-77(82)62-56-50-46-45-48-54-60-72(6)9-3)96-79(84)63-57-51-43-39-35-30-23-21-19-17-15-13-11-8-2/h71-75,80H,7-70H2,1-6H3,(H,85,86)(H,87,88)/t72?,73-,74-,75-/m1/s1. The van der Waals surface area contributed by atoms with E-state index in [1.807, 2.05) is 0 Å². The molecule has 0 aromatic heterocycles. The van der Waals surface area contributed by atoms with E-state index in [-0.39, 0.29) is 25.7 Å². The van der Waals surface area contributed by atoms with E-state index in [4.69, 9.17) is 37.0 Å². The molecule has 0 aromatic rings. The number of carbonyl (C=O) groups excluding carboxylic acids is 4. The lowest BCUT2D eigenvalue weighted by molar-refractivity contribution is -0.161. The molecule has 0 radical (unpaired) electrons. The lowest BCUT2D eigenvalue weighted by Crippen LogP contribution is -2.30. The van der Waals surface area contributed by atoms with Gasteiger partial charge in [0.05, 0.1) is 26.4 Å². The maximum absolute atomic E-state index is 13.1. The molecule has 0 fully saturated rings. The molecule has 0 bridgehead atoms. The van der Waals surface area contributed by atoms with Crippen molar-refractivity contribution in [3.63, 3.8) is 0 Å². The number of unbranched alkanes of at least 4 members (excludes halogenated alkanes) is 47. The number of hydrogen-bond donors (Lipinski definition) is 3. The van der Waals surface area contributed by atoms with Crippen LogP contribution in [-0.4, -0.2) is 96.7 Å². The Morgan fingerprint density at radius 1 is 0.296 bits per heavy atom. The van der Waals surface area contributed by atoms with Crippen molar-refractivity contribution in [1.82, 2.24) is 0 Å². The SMILES string of the molecule is CCCCCCCCCCCCCCCCCC(=O)OC[C@H](COP(=O)(O)OC[C@@H](O)COP(=O)(O)OC[C@@H](COC(=O)CCCCCCCCC(C)CC)OC(=O)CCCCCCCCCCCCCCCC)OC(=O)CCCCCCCCCCCCCCCCCCC(C)C. The number of ether oxygens (including phenoxy) is 4. The summed E-state index contributed by atoms with van der Waals surface area (Å²) in [7, 11) is -9.92. The summed E-state index contributed by atoms with van der Waals surface area (Å²) in [5.74, 6) is -0.570. The Bertz CT molecular complexity index is 1890. The molecule has 0 spiro atoms. The highest BCUT2D eigenvalue weighted by molar-refractivity contribution is 7.47. The normalized spacial score (nSPS) is 14.2. The van der Waals surface area contributed by atoms with Crippen molar-refractivity contribution in [2.45, 2.75) is 432 Å². The first-order valence-corrected chi connectivity index (χ1v) is 44.0. The summed E-state index contributed by atoms with van der Waals surface area (Å²) in [6.45, 7) is 9.62. The summed E-state index contributed by atoms with van der Waals surface area (Å²) in [5, 5.41) is 10.6. The van der Waals surface area contributed by atoms with E-state index in [1.165, 1.54) is 225 Å². The van der Waals surface area contributed by atoms with Crippen molar-refractivity contribution in [3.8, 4) is 0 Å². The summed E-state index contributed by atoms with van der Waals surface area (Å²) < 4.78 is 68.6. The molecule has 0 aliphatic carbocycles. The fourth-order valence-electron chi connectivity index (χ4n) is 12.2. The second kappa shape index (κ2) is 70.7. The minimum Gasteiger partial charge on any atom is -0.462 e. The van der Waals surface area contributed by atoms with Gasteiger partial charge in [-0.3, -0.25) is 37.3 Å². The van der Waals surface area contributed by atoms with Gasteiger partial charge >= 0.3 is 39.5 Å². The zero-order valence-corrected chi connectivity index (χ0v) is 65.9. The second-order valence-corrected chi connectivity index (χ2v) is 32.1. The average molecular weight is 1440 g/mol. The Kier molecular flexibility index (Phi) is 69.3. The smallest absolute Gasteiger partial charge is 0.462 e. The summed E-state index contributed by atoms with van der Waals surface area (Å²) in [6.07, 6.45) is 59.6. The molecule has 17 nitrogen and oxygen atoms in total. The average Bonchev–Trinajstić information content (AvgIpc) is 0.972. The van der Waals surface area contributed by atoms with Crippen LogP contribution in [0.3, 0.4) is 0 Å². The predicted octanol–water partition coefficient (Wildman–Crippen LogP) is 23.5. The number of esters is 4. The van der Waals surface area contributed by atoms with Crippen molar-refractivity contribution < 1.29 is 80.2 Å². The molecule has 0 heterocycles. The van der Waals surface area contributed by atoms with Crippen LogP contribution in [0.5, 0.6) is 0 Å². The summed E-state index contributed by atoms with van der Waals surface area (Å²) in [4.78, 5) is 72.9. The largest absolute Gasteiger partial charge is 0.472 e. The first-order chi connectivity index (χ1) is 47.4.